The second-order valence-electron chi connectivity index (χ2n) is 5.85. The molecule has 17 heavy (non-hydrogen) atoms. The van der Waals surface area contributed by atoms with Crippen LogP contribution in [0, 0.1) is 0 Å². The Morgan fingerprint density at radius 1 is 1.41 bits per heavy atom. The predicted molar refractivity (Wildman–Crippen MR) is 75.5 cm³/mol. The molecule has 1 saturated heterocycles. The summed E-state index contributed by atoms with van der Waals surface area (Å²) in [5.74, 6) is 0. The predicted octanol–water partition coefficient (Wildman–Crippen LogP) is 1.79. The second-order valence-corrected chi connectivity index (χ2v) is 5.85. The molecule has 1 aliphatic heterocycles. The van der Waals surface area contributed by atoms with E-state index in [1.54, 1.807) is 0 Å². The second kappa shape index (κ2) is 7.34. The highest BCUT2D eigenvalue weighted by atomic mass is 15.2. The van der Waals surface area contributed by atoms with Crippen molar-refractivity contribution in [2.75, 3.05) is 33.7 Å². The van der Waals surface area contributed by atoms with E-state index in [9.17, 15) is 0 Å². The Hall–Kier alpha value is -0.120. The van der Waals surface area contributed by atoms with Crippen LogP contribution < -0.4 is 5.32 Å². The standard InChI is InChI=1S/C14H31N3/c1-6-13(10-15-12(2)3)17(5)14-8-7-9-16(4)11-14/h12-15H,6-11H2,1-5H3. The van der Waals surface area contributed by atoms with Crippen molar-refractivity contribution in [2.24, 2.45) is 0 Å². The lowest BCUT2D eigenvalue weighted by Gasteiger charge is -2.40. The molecule has 0 saturated carbocycles. The van der Waals surface area contributed by atoms with Crippen molar-refractivity contribution in [1.29, 1.82) is 0 Å². The van der Waals surface area contributed by atoms with Gasteiger partial charge in [0, 0.05) is 31.2 Å². The van der Waals surface area contributed by atoms with Crippen LogP contribution in [0.2, 0.25) is 0 Å². The van der Waals surface area contributed by atoms with E-state index in [1.807, 2.05) is 0 Å². The van der Waals surface area contributed by atoms with E-state index in [1.165, 1.54) is 32.4 Å². The molecule has 0 bridgehead atoms. The van der Waals surface area contributed by atoms with Gasteiger partial charge in [-0.2, -0.15) is 0 Å². The number of likely N-dealkylation sites (N-methyl/N-ethyl adjacent to an activating group) is 2. The van der Waals surface area contributed by atoms with Crippen LogP contribution in [0.25, 0.3) is 0 Å². The molecule has 0 aromatic carbocycles. The van der Waals surface area contributed by atoms with Crippen LogP contribution in [0.3, 0.4) is 0 Å². The third-order valence-electron chi connectivity index (χ3n) is 3.98. The highest BCUT2D eigenvalue weighted by Crippen LogP contribution is 2.16. The summed E-state index contributed by atoms with van der Waals surface area (Å²) >= 11 is 0. The summed E-state index contributed by atoms with van der Waals surface area (Å²) in [5, 5.41) is 3.57. The minimum Gasteiger partial charge on any atom is -0.313 e. The molecule has 0 radical (unpaired) electrons. The zero-order valence-electron chi connectivity index (χ0n) is 12.4. The average Bonchev–Trinajstić information content (AvgIpc) is 2.29. The number of likely N-dealkylation sites (tertiary alicyclic amines) is 1. The number of hydrogen-bond donors (Lipinski definition) is 1. The molecule has 0 aromatic rings. The lowest BCUT2D eigenvalue weighted by molar-refractivity contribution is 0.0949. The highest BCUT2D eigenvalue weighted by Gasteiger charge is 2.25. The molecule has 1 fully saturated rings. The van der Waals surface area contributed by atoms with Crippen LogP contribution in [0.4, 0.5) is 0 Å². The Morgan fingerprint density at radius 2 is 2.12 bits per heavy atom. The maximum absolute atomic E-state index is 3.57. The Balaban J connectivity index is 2.43. The number of rotatable bonds is 6. The van der Waals surface area contributed by atoms with Crippen LogP contribution in [-0.4, -0.2) is 61.7 Å². The Bertz CT molecular complexity index is 206. The summed E-state index contributed by atoms with van der Waals surface area (Å²) < 4.78 is 0. The Morgan fingerprint density at radius 3 is 2.65 bits per heavy atom. The van der Waals surface area contributed by atoms with Gasteiger partial charge in [-0.25, -0.2) is 0 Å². The average molecular weight is 241 g/mol. The van der Waals surface area contributed by atoms with E-state index in [0.717, 1.165) is 12.6 Å². The Labute approximate surface area is 108 Å². The van der Waals surface area contributed by atoms with Crippen molar-refractivity contribution < 1.29 is 0 Å². The summed E-state index contributed by atoms with van der Waals surface area (Å²) in [6.07, 6.45) is 3.94. The summed E-state index contributed by atoms with van der Waals surface area (Å²) in [5.41, 5.74) is 0. The van der Waals surface area contributed by atoms with Gasteiger partial charge in [-0.15, -0.1) is 0 Å². The highest BCUT2D eigenvalue weighted by molar-refractivity contribution is 4.82. The van der Waals surface area contributed by atoms with E-state index in [-0.39, 0.29) is 0 Å². The van der Waals surface area contributed by atoms with Gasteiger partial charge in [-0.1, -0.05) is 20.8 Å². The molecule has 2 unspecified atom stereocenters. The molecule has 1 aliphatic rings. The first kappa shape index (κ1) is 14.9. The number of nitrogens with one attached hydrogen (secondary N) is 1. The fourth-order valence-electron chi connectivity index (χ4n) is 2.72. The van der Waals surface area contributed by atoms with Gasteiger partial charge >= 0.3 is 0 Å². The summed E-state index contributed by atoms with van der Waals surface area (Å²) in [6.45, 7) is 10.4. The maximum atomic E-state index is 3.57. The van der Waals surface area contributed by atoms with Crippen molar-refractivity contribution in [3.63, 3.8) is 0 Å². The minimum atomic E-state index is 0.589. The van der Waals surface area contributed by atoms with E-state index in [4.69, 9.17) is 0 Å². The maximum Gasteiger partial charge on any atom is 0.0223 e. The molecule has 0 aliphatic carbocycles. The van der Waals surface area contributed by atoms with Gasteiger partial charge in [0.25, 0.3) is 0 Å². The molecule has 0 spiro atoms. The third kappa shape index (κ3) is 4.94. The van der Waals surface area contributed by atoms with Crippen molar-refractivity contribution >= 4 is 0 Å². The van der Waals surface area contributed by atoms with Gasteiger partial charge in [0.15, 0.2) is 0 Å². The lowest BCUT2D eigenvalue weighted by Crippen LogP contribution is -2.51. The quantitative estimate of drug-likeness (QED) is 0.765. The van der Waals surface area contributed by atoms with Crippen LogP contribution in [0.5, 0.6) is 0 Å². The number of piperidine rings is 1. The zero-order valence-corrected chi connectivity index (χ0v) is 12.4. The first-order valence-corrected chi connectivity index (χ1v) is 7.18. The molecule has 2 atom stereocenters. The van der Waals surface area contributed by atoms with Crippen LogP contribution in [0.1, 0.15) is 40.0 Å². The summed E-state index contributed by atoms with van der Waals surface area (Å²) in [6, 6.07) is 2.01. The lowest BCUT2D eigenvalue weighted by atomic mass is 10.0. The first-order valence-electron chi connectivity index (χ1n) is 7.18. The SMILES string of the molecule is CCC(CNC(C)C)N(C)C1CCCN(C)C1. The van der Waals surface area contributed by atoms with Crippen molar-refractivity contribution in [2.45, 2.75) is 58.2 Å². The van der Waals surface area contributed by atoms with E-state index in [2.05, 4.69) is 50.0 Å². The van der Waals surface area contributed by atoms with Crippen molar-refractivity contribution in [3.05, 3.63) is 0 Å². The van der Waals surface area contributed by atoms with Gasteiger partial charge in [0.2, 0.25) is 0 Å². The summed E-state index contributed by atoms with van der Waals surface area (Å²) in [7, 11) is 4.55. The molecule has 0 amide bonds. The van der Waals surface area contributed by atoms with Crippen molar-refractivity contribution in [3.8, 4) is 0 Å². The normalized spacial score (nSPS) is 24.5. The smallest absolute Gasteiger partial charge is 0.0223 e. The van der Waals surface area contributed by atoms with E-state index >= 15 is 0 Å². The third-order valence-corrected chi connectivity index (χ3v) is 3.98. The van der Waals surface area contributed by atoms with Gasteiger partial charge in [0.1, 0.15) is 0 Å². The molecule has 102 valence electrons. The van der Waals surface area contributed by atoms with E-state index in [0.29, 0.717) is 12.1 Å². The van der Waals surface area contributed by atoms with Gasteiger partial charge in [-0.3, -0.25) is 4.90 Å². The molecule has 0 aromatic heterocycles. The summed E-state index contributed by atoms with van der Waals surface area (Å²) in [4.78, 5) is 5.07. The largest absolute Gasteiger partial charge is 0.313 e. The first-order chi connectivity index (χ1) is 8.04. The van der Waals surface area contributed by atoms with E-state index < -0.39 is 0 Å². The van der Waals surface area contributed by atoms with Crippen molar-refractivity contribution in [1.82, 2.24) is 15.1 Å². The molecule has 1 heterocycles. The molecule has 1 rings (SSSR count). The number of nitrogens with zero attached hydrogens (tertiary/aromatic N) is 2. The topological polar surface area (TPSA) is 18.5 Å². The van der Waals surface area contributed by atoms with Crippen LogP contribution >= 0.6 is 0 Å². The molecule has 3 nitrogen and oxygen atoms in total. The molecule has 1 N–H and O–H groups in total. The number of hydrogen-bond acceptors (Lipinski definition) is 3. The fourth-order valence-corrected chi connectivity index (χ4v) is 2.72. The molecular formula is C14H31N3. The fraction of sp³-hybridized carbons (Fsp3) is 1.00. The zero-order chi connectivity index (χ0) is 12.8. The Kier molecular flexibility index (Phi) is 6.45. The molecule has 3 heteroatoms. The van der Waals surface area contributed by atoms with Gasteiger partial charge in [-0.05, 0) is 39.9 Å². The van der Waals surface area contributed by atoms with Gasteiger partial charge < -0.3 is 10.2 Å². The monoisotopic (exact) mass is 241 g/mol. The minimum absolute atomic E-state index is 0.589. The molecular weight excluding hydrogens is 210 g/mol. The van der Waals surface area contributed by atoms with Crippen LogP contribution in [-0.2, 0) is 0 Å². The van der Waals surface area contributed by atoms with Gasteiger partial charge in [0.05, 0.1) is 0 Å². The van der Waals surface area contributed by atoms with Crippen LogP contribution in [0.15, 0.2) is 0 Å².